The predicted octanol–water partition coefficient (Wildman–Crippen LogP) is 2.68. The number of rotatable bonds is 6. The maximum atomic E-state index is 11.7. The van der Waals surface area contributed by atoms with Crippen LogP contribution in [-0.2, 0) is 11.2 Å². The number of benzene rings is 1. The lowest BCUT2D eigenvalue weighted by atomic mass is 10.1. The molecule has 20 heavy (non-hydrogen) atoms. The second-order valence-corrected chi connectivity index (χ2v) is 5.76. The van der Waals surface area contributed by atoms with Crippen LogP contribution in [0.4, 0.5) is 0 Å². The van der Waals surface area contributed by atoms with E-state index in [-0.39, 0.29) is 5.91 Å². The number of carbonyl (C=O) groups excluding carboxylic acids is 1. The van der Waals surface area contributed by atoms with Crippen LogP contribution in [-0.4, -0.2) is 17.6 Å². The molecule has 1 aromatic rings. The molecule has 0 saturated carbocycles. The van der Waals surface area contributed by atoms with Gasteiger partial charge < -0.3 is 5.32 Å². The zero-order valence-electron chi connectivity index (χ0n) is 11.5. The van der Waals surface area contributed by atoms with Gasteiger partial charge in [-0.15, -0.1) is 0 Å². The molecule has 0 bridgehead atoms. The van der Waals surface area contributed by atoms with Crippen LogP contribution in [0.3, 0.4) is 0 Å². The van der Waals surface area contributed by atoms with Gasteiger partial charge in [0.25, 0.3) is 0 Å². The summed E-state index contributed by atoms with van der Waals surface area (Å²) in [5.74, 6) is -0.120. The first-order valence-electron chi connectivity index (χ1n) is 6.69. The van der Waals surface area contributed by atoms with Gasteiger partial charge >= 0.3 is 0 Å². The maximum absolute atomic E-state index is 11.7. The average molecular weight is 358 g/mol. The molecule has 0 aliphatic rings. The van der Waals surface area contributed by atoms with Gasteiger partial charge in [0.2, 0.25) is 5.91 Å². The van der Waals surface area contributed by atoms with Crippen LogP contribution in [0.2, 0.25) is 0 Å². The van der Waals surface area contributed by atoms with Crippen LogP contribution < -0.4 is 16.2 Å². The van der Waals surface area contributed by atoms with E-state index in [9.17, 15) is 4.79 Å². The first-order valence-corrected chi connectivity index (χ1v) is 7.89. The Labute approximate surface area is 133 Å². The Morgan fingerprint density at radius 3 is 2.55 bits per heavy atom. The molecule has 0 spiro atoms. The molecular formula is C14H20BrN3OS. The molecule has 0 saturated heterocycles. The predicted molar refractivity (Wildman–Crippen MR) is 89.3 cm³/mol. The van der Waals surface area contributed by atoms with Crippen molar-refractivity contribution in [3.8, 4) is 0 Å². The number of nitrogens with one attached hydrogen (secondary N) is 3. The van der Waals surface area contributed by atoms with Crippen molar-refractivity contribution in [1.29, 1.82) is 0 Å². The summed E-state index contributed by atoms with van der Waals surface area (Å²) in [7, 11) is 0. The van der Waals surface area contributed by atoms with E-state index in [1.807, 2.05) is 24.3 Å². The van der Waals surface area contributed by atoms with E-state index in [1.54, 1.807) is 0 Å². The van der Waals surface area contributed by atoms with Gasteiger partial charge in [-0.05, 0) is 36.3 Å². The van der Waals surface area contributed by atoms with Crippen molar-refractivity contribution in [3.63, 3.8) is 0 Å². The topological polar surface area (TPSA) is 53.2 Å². The maximum Gasteiger partial charge on any atom is 0.242 e. The molecule has 1 rings (SSSR count). The molecule has 0 heterocycles. The number of thiocarbonyl (C=S) groups is 1. The Morgan fingerprint density at radius 1 is 1.20 bits per heavy atom. The van der Waals surface area contributed by atoms with Gasteiger partial charge in [-0.25, -0.2) is 0 Å². The third-order valence-electron chi connectivity index (χ3n) is 2.66. The lowest BCUT2D eigenvalue weighted by Gasteiger charge is -2.11. The molecule has 0 aliphatic heterocycles. The van der Waals surface area contributed by atoms with Crippen LogP contribution in [0.1, 0.15) is 31.7 Å². The fourth-order valence-corrected chi connectivity index (χ4v) is 2.00. The molecule has 0 unspecified atom stereocenters. The van der Waals surface area contributed by atoms with Gasteiger partial charge in [0, 0.05) is 11.0 Å². The number of carbonyl (C=O) groups is 1. The van der Waals surface area contributed by atoms with Gasteiger partial charge in [-0.2, -0.15) is 0 Å². The second kappa shape index (κ2) is 9.72. The summed E-state index contributed by atoms with van der Waals surface area (Å²) in [6.07, 6.45) is 3.74. The number of hydrogen-bond acceptors (Lipinski definition) is 2. The van der Waals surface area contributed by atoms with Gasteiger partial charge in [-0.3, -0.25) is 15.6 Å². The molecule has 1 aromatic carbocycles. The van der Waals surface area contributed by atoms with Crippen LogP contribution in [0.15, 0.2) is 28.7 Å². The highest BCUT2D eigenvalue weighted by molar-refractivity contribution is 9.10. The summed E-state index contributed by atoms with van der Waals surface area (Å²) in [5, 5.41) is 3.49. The van der Waals surface area contributed by atoms with Crippen molar-refractivity contribution in [3.05, 3.63) is 34.3 Å². The summed E-state index contributed by atoms with van der Waals surface area (Å²) < 4.78 is 0.997. The highest BCUT2D eigenvalue weighted by Gasteiger charge is 2.03. The Morgan fingerprint density at radius 2 is 1.90 bits per heavy atom. The Kier molecular flexibility index (Phi) is 8.22. The first kappa shape index (κ1) is 16.9. The standard InChI is InChI=1S/C14H20BrN3OS/c1-2-3-4-9-16-14(20)18-17-13(19)10-11-5-7-12(15)8-6-11/h5-8H,2-4,9-10H2,1H3,(H,17,19)(H2,16,18,20). The number of unbranched alkanes of at least 4 members (excludes halogenated alkanes) is 2. The van der Waals surface area contributed by atoms with Crippen molar-refractivity contribution in [1.82, 2.24) is 16.2 Å². The van der Waals surface area contributed by atoms with Crippen LogP contribution in [0.25, 0.3) is 0 Å². The van der Waals surface area contributed by atoms with E-state index in [0.717, 1.165) is 23.0 Å². The smallest absolute Gasteiger partial charge is 0.242 e. The van der Waals surface area contributed by atoms with E-state index < -0.39 is 0 Å². The van der Waals surface area contributed by atoms with Crippen molar-refractivity contribution in [2.45, 2.75) is 32.6 Å². The molecule has 6 heteroatoms. The number of hydrogen-bond donors (Lipinski definition) is 3. The molecule has 0 aromatic heterocycles. The molecule has 0 atom stereocenters. The van der Waals surface area contributed by atoms with Gasteiger partial charge in [-0.1, -0.05) is 47.8 Å². The molecule has 110 valence electrons. The van der Waals surface area contributed by atoms with Crippen LogP contribution in [0, 0.1) is 0 Å². The molecular weight excluding hydrogens is 338 g/mol. The van der Waals surface area contributed by atoms with E-state index in [0.29, 0.717) is 11.5 Å². The molecule has 4 nitrogen and oxygen atoms in total. The third-order valence-corrected chi connectivity index (χ3v) is 3.43. The molecule has 0 radical (unpaired) electrons. The van der Waals surface area contributed by atoms with E-state index in [1.165, 1.54) is 12.8 Å². The van der Waals surface area contributed by atoms with Crippen LogP contribution >= 0.6 is 28.1 Å². The van der Waals surface area contributed by atoms with E-state index in [2.05, 4.69) is 39.0 Å². The minimum absolute atomic E-state index is 0.120. The highest BCUT2D eigenvalue weighted by Crippen LogP contribution is 2.10. The SMILES string of the molecule is CCCCCNC(=S)NNC(=O)Cc1ccc(Br)cc1. The number of hydrazine groups is 1. The number of halogens is 1. The lowest BCUT2D eigenvalue weighted by molar-refractivity contribution is -0.121. The second-order valence-electron chi connectivity index (χ2n) is 4.44. The zero-order valence-corrected chi connectivity index (χ0v) is 13.9. The summed E-state index contributed by atoms with van der Waals surface area (Å²) in [6.45, 7) is 2.97. The minimum atomic E-state index is -0.120. The fourth-order valence-electron chi connectivity index (χ4n) is 1.58. The average Bonchev–Trinajstić information content (AvgIpc) is 2.44. The summed E-state index contributed by atoms with van der Waals surface area (Å²) in [6, 6.07) is 7.64. The van der Waals surface area contributed by atoms with E-state index >= 15 is 0 Å². The Hall–Kier alpha value is -1.14. The Bertz CT molecular complexity index is 437. The normalized spacial score (nSPS) is 9.90. The molecule has 3 N–H and O–H groups in total. The highest BCUT2D eigenvalue weighted by atomic mass is 79.9. The van der Waals surface area contributed by atoms with Gasteiger partial charge in [0.1, 0.15) is 0 Å². The Balaban J connectivity index is 2.19. The largest absolute Gasteiger partial charge is 0.361 e. The quantitative estimate of drug-likeness (QED) is 0.416. The van der Waals surface area contributed by atoms with E-state index in [4.69, 9.17) is 12.2 Å². The summed E-state index contributed by atoms with van der Waals surface area (Å²) >= 11 is 8.42. The molecule has 0 fully saturated rings. The third kappa shape index (κ3) is 7.45. The van der Waals surface area contributed by atoms with Crippen molar-refractivity contribution >= 4 is 39.2 Å². The minimum Gasteiger partial charge on any atom is -0.361 e. The fraction of sp³-hybridized carbons (Fsp3) is 0.429. The van der Waals surface area contributed by atoms with Gasteiger partial charge in [0.05, 0.1) is 6.42 Å². The summed E-state index contributed by atoms with van der Waals surface area (Å²) in [4.78, 5) is 11.7. The monoisotopic (exact) mass is 357 g/mol. The molecule has 0 aliphatic carbocycles. The summed E-state index contributed by atoms with van der Waals surface area (Å²) in [5.41, 5.74) is 6.24. The van der Waals surface area contributed by atoms with Crippen molar-refractivity contribution in [2.75, 3.05) is 6.54 Å². The number of amides is 1. The lowest BCUT2D eigenvalue weighted by Crippen LogP contribution is -2.47. The van der Waals surface area contributed by atoms with Gasteiger partial charge in [0.15, 0.2) is 5.11 Å². The van der Waals surface area contributed by atoms with Crippen molar-refractivity contribution < 1.29 is 4.79 Å². The first-order chi connectivity index (χ1) is 9.61. The zero-order chi connectivity index (χ0) is 14.8. The molecule has 1 amide bonds. The van der Waals surface area contributed by atoms with Crippen molar-refractivity contribution in [2.24, 2.45) is 0 Å². The van der Waals surface area contributed by atoms with Crippen LogP contribution in [0.5, 0.6) is 0 Å².